The third kappa shape index (κ3) is 5.10. The van der Waals surface area contributed by atoms with Gasteiger partial charge in [-0.2, -0.15) is 0 Å². The first-order valence-electron chi connectivity index (χ1n) is 9.99. The minimum absolute atomic E-state index is 0.0340. The van der Waals surface area contributed by atoms with E-state index in [1.54, 1.807) is 36.4 Å². The van der Waals surface area contributed by atoms with E-state index in [4.69, 9.17) is 5.11 Å². The normalized spacial score (nSPS) is 11.1. The summed E-state index contributed by atoms with van der Waals surface area (Å²) in [6.07, 6.45) is 0. The van der Waals surface area contributed by atoms with Crippen molar-refractivity contribution in [2.75, 3.05) is 15.4 Å². The second-order valence-corrected chi connectivity index (χ2v) is 8.91. The number of nitrogens with zero attached hydrogens (tertiary/aromatic N) is 2. The minimum Gasteiger partial charge on any atom is -0.478 e. The number of carboxylic acid groups (broad SMARTS) is 1. The van der Waals surface area contributed by atoms with E-state index in [1.807, 2.05) is 0 Å². The lowest BCUT2D eigenvalue weighted by atomic mass is 10.2. The zero-order valence-electron chi connectivity index (χ0n) is 17.8. The SMILES string of the molecule is CC(=O)Nc1ccc(S(=O)(=O)Nc2nc3ccccc3nc2Nc2ccc(C(=O)O)cc2)cc1. The average Bonchev–Trinajstić information content (AvgIpc) is 2.79. The van der Waals surface area contributed by atoms with Crippen LogP contribution in [-0.2, 0) is 14.8 Å². The Kier molecular flexibility index (Phi) is 6.11. The number of anilines is 4. The van der Waals surface area contributed by atoms with Crippen LogP contribution in [0.5, 0.6) is 0 Å². The molecule has 0 radical (unpaired) electrons. The molecule has 172 valence electrons. The molecule has 11 heteroatoms. The molecule has 34 heavy (non-hydrogen) atoms. The number of amides is 1. The van der Waals surface area contributed by atoms with Crippen LogP contribution in [0.1, 0.15) is 17.3 Å². The molecule has 0 unspecified atom stereocenters. The molecule has 0 fully saturated rings. The van der Waals surface area contributed by atoms with Crippen molar-refractivity contribution >= 4 is 55.9 Å². The molecule has 4 N–H and O–H groups in total. The summed E-state index contributed by atoms with van der Waals surface area (Å²) in [6.45, 7) is 1.36. The number of aromatic carboxylic acids is 1. The van der Waals surface area contributed by atoms with Gasteiger partial charge in [-0.15, -0.1) is 0 Å². The lowest BCUT2D eigenvalue weighted by Gasteiger charge is -2.14. The highest BCUT2D eigenvalue weighted by Crippen LogP contribution is 2.27. The van der Waals surface area contributed by atoms with E-state index < -0.39 is 16.0 Å². The van der Waals surface area contributed by atoms with Crippen LogP contribution >= 0.6 is 0 Å². The first-order chi connectivity index (χ1) is 16.2. The third-order valence-electron chi connectivity index (χ3n) is 4.68. The fraction of sp³-hybridized carbons (Fsp3) is 0.0435. The van der Waals surface area contributed by atoms with Crippen molar-refractivity contribution < 1.29 is 23.1 Å². The molecule has 1 aromatic heterocycles. The van der Waals surface area contributed by atoms with Crippen LogP contribution in [0.2, 0.25) is 0 Å². The summed E-state index contributed by atoms with van der Waals surface area (Å²) in [7, 11) is -4.04. The lowest BCUT2D eigenvalue weighted by molar-refractivity contribution is -0.114. The molecule has 0 aliphatic heterocycles. The summed E-state index contributed by atoms with van der Waals surface area (Å²) in [5, 5.41) is 14.7. The molecule has 10 nitrogen and oxygen atoms in total. The van der Waals surface area contributed by atoms with Gasteiger partial charge in [-0.1, -0.05) is 12.1 Å². The summed E-state index contributed by atoms with van der Waals surface area (Å²) < 4.78 is 28.5. The summed E-state index contributed by atoms with van der Waals surface area (Å²) in [6, 6.07) is 18.6. The molecule has 0 aliphatic rings. The number of sulfonamides is 1. The van der Waals surface area contributed by atoms with Gasteiger partial charge in [-0.25, -0.2) is 23.2 Å². The Hall–Kier alpha value is -4.51. The molecule has 0 atom stereocenters. The van der Waals surface area contributed by atoms with Crippen LogP contribution in [0, 0.1) is 0 Å². The van der Waals surface area contributed by atoms with Gasteiger partial charge in [0.2, 0.25) is 5.91 Å². The summed E-state index contributed by atoms with van der Waals surface area (Å²) >= 11 is 0. The molecule has 4 aromatic rings. The molecular formula is C23H19N5O5S. The molecule has 0 spiro atoms. The monoisotopic (exact) mass is 477 g/mol. The van der Waals surface area contributed by atoms with E-state index in [0.29, 0.717) is 22.4 Å². The molecule has 3 aromatic carbocycles. The number of carbonyl (C=O) groups is 2. The first kappa shape index (κ1) is 22.7. The number of hydrogen-bond acceptors (Lipinski definition) is 7. The summed E-state index contributed by atoms with van der Waals surface area (Å²) in [5.74, 6) is -1.23. The molecule has 1 heterocycles. The molecule has 0 saturated heterocycles. The standard InChI is InChI=1S/C23H19N5O5S/c1-14(29)24-16-10-12-18(13-11-16)34(32,33)28-22-21(26-19-4-2-3-5-20(19)27-22)25-17-8-6-15(7-9-17)23(30)31/h2-13H,1H3,(H,24,29)(H,25,26)(H,27,28)(H,30,31). The summed E-state index contributed by atoms with van der Waals surface area (Å²) in [5.41, 5.74) is 2.08. The maximum absolute atomic E-state index is 13.0. The van der Waals surface area contributed by atoms with Gasteiger partial charge < -0.3 is 15.7 Å². The fourth-order valence-electron chi connectivity index (χ4n) is 3.10. The van der Waals surface area contributed by atoms with Gasteiger partial charge in [-0.05, 0) is 60.7 Å². The Morgan fingerprint density at radius 2 is 1.35 bits per heavy atom. The molecular weight excluding hydrogens is 458 g/mol. The zero-order chi connectivity index (χ0) is 24.3. The average molecular weight is 478 g/mol. The predicted octanol–water partition coefficient (Wildman–Crippen LogP) is 3.83. The number of rotatable bonds is 7. The second-order valence-electron chi connectivity index (χ2n) is 7.23. The fourth-order valence-corrected chi connectivity index (χ4v) is 4.11. The Morgan fingerprint density at radius 1 is 0.794 bits per heavy atom. The molecule has 0 saturated carbocycles. The van der Waals surface area contributed by atoms with Crippen molar-refractivity contribution in [3.05, 3.63) is 78.4 Å². The Labute approximate surface area is 194 Å². The summed E-state index contributed by atoms with van der Waals surface area (Å²) in [4.78, 5) is 31.2. The highest BCUT2D eigenvalue weighted by molar-refractivity contribution is 7.92. The van der Waals surface area contributed by atoms with Gasteiger partial charge in [0.1, 0.15) is 0 Å². The van der Waals surface area contributed by atoms with Crippen molar-refractivity contribution in [1.82, 2.24) is 9.97 Å². The zero-order valence-corrected chi connectivity index (χ0v) is 18.6. The van der Waals surface area contributed by atoms with Crippen molar-refractivity contribution in [2.24, 2.45) is 0 Å². The van der Waals surface area contributed by atoms with E-state index in [-0.39, 0.29) is 28.0 Å². The maximum Gasteiger partial charge on any atom is 0.335 e. The van der Waals surface area contributed by atoms with E-state index in [9.17, 15) is 18.0 Å². The van der Waals surface area contributed by atoms with Crippen molar-refractivity contribution in [3.8, 4) is 0 Å². The number of fused-ring (bicyclic) bond motifs is 1. The quantitative estimate of drug-likeness (QED) is 0.314. The van der Waals surface area contributed by atoms with Crippen LogP contribution in [0.15, 0.2) is 77.7 Å². The Morgan fingerprint density at radius 3 is 1.91 bits per heavy atom. The van der Waals surface area contributed by atoms with Crippen LogP contribution in [0.25, 0.3) is 11.0 Å². The maximum atomic E-state index is 13.0. The molecule has 0 bridgehead atoms. The number of hydrogen-bond donors (Lipinski definition) is 4. The van der Waals surface area contributed by atoms with Crippen LogP contribution in [-0.4, -0.2) is 35.4 Å². The van der Waals surface area contributed by atoms with Crippen molar-refractivity contribution in [3.63, 3.8) is 0 Å². The van der Waals surface area contributed by atoms with E-state index in [0.717, 1.165) is 0 Å². The number of benzene rings is 3. The molecule has 1 amide bonds. The van der Waals surface area contributed by atoms with E-state index >= 15 is 0 Å². The highest BCUT2D eigenvalue weighted by Gasteiger charge is 2.19. The number of carbonyl (C=O) groups excluding carboxylic acids is 1. The van der Waals surface area contributed by atoms with Crippen molar-refractivity contribution in [2.45, 2.75) is 11.8 Å². The number of nitrogens with one attached hydrogen (secondary N) is 3. The largest absolute Gasteiger partial charge is 0.478 e. The molecule has 4 rings (SSSR count). The predicted molar refractivity (Wildman–Crippen MR) is 128 cm³/mol. The Bertz CT molecular complexity index is 1490. The number of para-hydroxylation sites is 2. The van der Waals surface area contributed by atoms with E-state index in [2.05, 4.69) is 25.3 Å². The van der Waals surface area contributed by atoms with Crippen LogP contribution in [0.3, 0.4) is 0 Å². The van der Waals surface area contributed by atoms with Gasteiger partial charge >= 0.3 is 5.97 Å². The van der Waals surface area contributed by atoms with Gasteiger partial charge in [0.05, 0.1) is 21.5 Å². The van der Waals surface area contributed by atoms with E-state index in [1.165, 1.54) is 43.3 Å². The first-order valence-corrected chi connectivity index (χ1v) is 11.5. The highest BCUT2D eigenvalue weighted by atomic mass is 32.2. The minimum atomic E-state index is -4.04. The second kappa shape index (κ2) is 9.16. The smallest absolute Gasteiger partial charge is 0.335 e. The lowest BCUT2D eigenvalue weighted by Crippen LogP contribution is -2.16. The Balaban J connectivity index is 1.69. The van der Waals surface area contributed by atoms with Gasteiger partial charge in [0, 0.05) is 18.3 Å². The van der Waals surface area contributed by atoms with Crippen molar-refractivity contribution in [1.29, 1.82) is 0 Å². The van der Waals surface area contributed by atoms with Gasteiger partial charge in [0.15, 0.2) is 11.6 Å². The number of aromatic nitrogens is 2. The van der Waals surface area contributed by atoms with Crippen LogP contribution < -0.4 is 15.4 Å². The molecule has 0 aliphatic carbocycles. The van der Waals surface area contributed by atoms with Gasteiger partial charge in [0.25, 0.3) is 10.0 Å². The van der Waals surface area contributed by atoms with Gasteiger partial charge in [-0.3, -0.25) is 9.52 Å². The topological polar surface area (TPSA) is 150 Å². The third-order valence-corrected chi connectivity index (χ3v) is 6.04. The number of carboxylic acids is 1. The van der Waals surface area contributed by atoms with Crippen LogP contribution in [0.4, 0.5) is 23.0 Å².